The van der Waals surface area contributed by atoms with Crippen molar-refractivity contribution in [2.45, 2.75) is 25.1 Å². The summed E-state index contributed by atoms with van der Waals surface area (Å²) in [5.41, 5.74) is -1.09. The van der Waals surface area contributed by atoms with E-state index in [1.54, 1.807) is 25.1 Å². The SMILES string of the molecule is Cc1[nH]c2ccccc2c1C(=O)N1CC[C@](O)(C(F)(F)F)C1. The Balaban J connectivity index is 1.94. The number of carbonyl (C=O) groups is 1. The summed E-state index contributed by atoms with van der Waals surface area (Å²) in [6.07, 6.45) is -5.24. The third-order valence-electron chi connectivity index (χ3n) is 4.17. The van der Waals surface area contributed by atoms with E-state index in [0.29, 0.717) is 16.6 Å². The molecule has 2 aromatic rings. The lowest BCUT2D eigenvalue weighted by Crippen LogP contribution is -2.48. The Bertz CT molecular complexity index is 738. The van der Waals surface area contributed by atoms with Crippen molar-refractivity contribution in [2.24, 2.45) is 0 Å². The fourth-order valence-electron chi connectivity index (χ4n) is 2.91. The van der Waals surface area contributed by atoms with Crippen LogP contribution in [-0.4, -0.2) is 45.8 Å². The number of aromatic amines is 1. The Kier molecular flexibility index (Phi) is 3.21. The van der Waals surface area contributed by atoms with Gasteiger partial charge in [-0.25, -0.2) is 0 Å². The van der Waals surface area contributed by atoms with Crippen molar-refractivity contribution in [1.82, 2.24) is 9.88 Å². The normalized spacial score (nSPS) is 22.5. The van der Waals surface area contributed by atoms with Gasteiger partial charge in [-0.15, -0.1) is 0 Å². The minimum absolute atomic E-state index is 0.117. The average Bonchev–Trinajstić information content (AvgIpc) is 2.98. The van der Waals surface area contributed by atoms with Gasteiger partial charge < -0.3 is 15.0 Å². The van der Waals surface area contributed by atoms with Crippen molar-refractivity contribution < 1.29 is 23.1 Å². The molecular formula is C15H15F3N2O2. The number of rotatable bonds is 1. The molecule has 0 spiro atoms. The predicted molar refractivity (Wildman–Crippen MR) is 74.6 cm³/mol. The molecule has 0 radical (unpaired) electrons. The molecule has 1 aromatic carbocycles. The maximum Gasteiger partial charge on any atom is 0.419 e. The van der Waals surface area contributed by atoms with Gasteiger partial charge in [0.2, 0.25) is 0 Å². The molecule has 0 saturated carbocycles. The summed E-state index contributed by atoms with van der Waals surface area (Å²) >= 11 is 0. The van der Waals surface area contributed by atoms with Gasteiger partial charge in [-0.1, -0.05) is 18.2 Å². The van der Waals surface area contributed by atoms with Crippen LogP contribution in [0.25, 0.3) is 10.9 Å². The number of halogens is 3. The lowest BCUT2D eigenvalue weighted by Gasteiger charge is -2.26. The maximum absolute atomic E-state index is 12.9. The molecule has 1 saturated heterocycles. The Hall–Kier alpha value is -2.02. The molecule has 1 amide bonds. The molecule has 1 aliphatic heterocycles. The van der Waals surface area contributed by atoms with E-state index < -0.39 is 30.7 Å². The number of likely N-dealkylation sites (tertiary alicyclic amines) is 1. The molecule has 2 heterocycles. The second-order valence-electron chi connectivity index (χ2n) is 5.68. The van der Waals surface area contributed by atoms with Crippen LogP contribution in [0.2, 0.25) is 0 Å². The Morgan fingerprint density at radius 1 is 1.36 bits per heavy atom. The number of alkyl halides is 3. The maximum atomic E-state index is 12.9. The summed E-state index contributed by atoms with van der Waals surface area (Å²) < 4.78 is 38.6. The van der Waals surface area contributed by atoms with Gasteiger partial charge in [0.05, 0.1) is 12.1 Å². The second kappa shape index (κ2) is 4.74. The molecule has 1 aliphatic rings. The molecule has 7 heteroatoms. The molecule has 2 N–H and O–H groups in total. The number of fused-ring (bicyclic) bond motifs is 1. The van der Waals surface area contributed by atoms with E-state index in [9.17, 15) is 23.1 Å². The minimum atomic E-state index is -4.74. The van der Waals surface area contributed by atoms with Crippen molar-refractivity contribution in [2.75, 3.05) is 13.1 Å². The number of hydrogen-bond acceptors (Lipinski definition) is 2. The van der Waals surface area contributed by atoms with Gasteiger partial charge in [0.1, 0.15) is 0 Å². The summed E-state index contributed by atoms with van der Waals surface area (Å²) in [4.78, 5) is 16.7. The molecule has 3 rings (SSSR count). The summed E-state index contributed by atoms with van der Waals surface area (Å²) in [6, 6.07) is 7.13. The van der Waals surface area contributed by atoms with Crippen molar-refractivity contribution in [3.05, 3.63) is 35.5 Å². The Labute approximate surface area is 124 Å². The standard InChI is InChI=1S/C15H15F3N2O2/c1-9-12(10-4-2-3-5-11(10)19-9)13(21)20-7-6-14(22,8-20)15(16,17)18/h2-5,19,22H,6-8H2,1H3/t14-/m1/s1. The highest BCUT2D eigenvalue weighted by Crippen LogP contribution is 2.38. The van der Waals surface area contributed by atoms with E-state index in [2.05, 4.69) is 4.98 Å². The number of amides is 1. The third-order valence-corrected chi connectivity index (χ3v) is 4.17. The van der Waals surface area contributed by atoms with Gasteiger partial charge in [0.15, 0.2) is 5.60 Å². The first-order chi connectivity index (χ1) is 10.2. The van der Waals surface area contributed by atoms with Crippen molar-refractivity contribution in [1.29, 1.82) is 0 Å². The second-order valence-corrected chi connectivity index (χ2v) is 5.68. The first-order valence-corrected chi connectivity index (χ1v) is 6.89. The highest BCUT2D eigenvalue weighted by Gasteiger charge is 2.57. The average molecular weight is 312 g/mol. The zero-order valence-corrected chi connectivity index (χ0v) is 11.9. The van der Waals surface area contributed by atoms with Crippen LogP contribution in [-0.2, 0) is 0 Å². The monoisotopic (exact) mass is 312 g/mol. The zero-order valence-electron chi connectivity index (χ0n) is 11.9. The van der Waals surface area contributed by atoms with Gasteiger partial charge in [0.25, 0.3) is 5.91 Å². The van der Waals surface area contributed by atoms with Crippen LogP contribution >= 0.6 is 0 Å². The van der Waals surface area contributed by atoms with Crippen LogP contribution in [0.15, 0.2) is 24.3 Å². The number of benzene rings is 1. The van der Waals surface area contributed by atoms with Crippen LogP contribution < -0.4 is 0 Å². The van der Waals surface area contributed by atoms with Gasteiger partial charge >= 0.3 is 6.18 Å². The molecule has 118 valence electrons. The molecule has 1 fully saturated rings. The first-order valence-electron chi connectivity index (χ1n) is 6.89. The highest BCUT2D eigenvalue weighted by molar-refractivity contribution is 6.08. The summed E-state index contributed by atoms with van der Waals surface area (Å²) in [7, 11) is 0. The Morgan fingerprint density at radius 2 is 2.05 bits per heavy atom. The van der Waals surface area contributed by atoms with Crippen LogP contribution in [0.3, 0.4) is 0 Å². The van der Waals surface area contributed by atoms with Gasteiger partial charge in [-0.05, 0) is 13.0 Å². The molecule has 0 aliphatic carbocycles. The quantitative estimate of drug-likeness (QED) is 0.850. The molecule has 1 atom stereocenters. The number of H-pyrrole nitrogens is 1. The number of aromatic nitrogens is 1. The smallest absolute Gasteiger partial charge is 0.379 e. The number of nitrogens with zero attached hydrogens (tertiary/aromatic N) is 1. The summed E-state index contributed by atoms with van der Waals surface area (Å²) in [5.74, 6) is -0.491. The minimum Gasteiger partial charge on any atom is -0.379 e. The fraction of sp³-hybridized carbons (Fsp3) is 0.400. The fourth-order valence-corrected chi connectivity index (χ4v) is 2.91. The molecule has 0 unspecified atom stereocenters. The van der Waals surface area contributed by atoms with Gasteiger partial charge in [-0.3, -0.25) is 4.79 Å². The summed E-state index contributed by atoms with van der Waals surface area (Å²) in [5, 5.41) is 10.4. The lowest BCUT2D eigenvalue weighted by molar-refractivity contribution is -0.253. The number of carbonyl (C=O) groups excluding carboxylic acids is 1. The number of aryl methyl sites for hydroxylation is 1. The van der Waals surface area contributed by atoms with Crippen molar-refractivity contribution in [3.8, 4) is 0 Å². The highest BCUT2D eigenvalue weighted by atomic mass is 19.4. The van der Waals surface area contributed by atoms with E-state index >= 15 is 0 Å². The molecular weight excluding hydrogens is 297 g/mol. The predicted octanol–water partition coefficient (Wildman–Crippen LogP) is 2.62. The van der Waals surface area contributed by atoms with Crippen LogP contribution in [0.4, 0.5) is 13.2 Å². The molecule has 0 bridgehead atoms. The molecule has 1 aromatic heterocycles. The van der Waals surface area contributed by atoms with E-state index in [0.717, 1.165) is 10.4 Å². The van der Waals surface area contributed by atoms with Crippen LogP contribution in [0.5, 0.6) is 0 Å². The Morgan fingerprint density at radius 3 is 2.68 bits per heavy atom. The zero-order chi connectivity index (χ0) is 16.1. The first kappa shape index (κ1) is 14.9. The van der Waals surface area contributed by atoms with Crippen molar-refractivity contribution in [3.63, 3.8) is 0 Å². The largest absolute Gasteiger partial charge is 0.419 e. The topological polar surface area (TPSA) is 56.3 Å². The molecule has 22 heavy (non-hydrogen) atoms. The number of nitrogens with one attached hydrogen (secondary N) is 1. The van der Waals surface area contributed by atoms with E-state index in [-0.39, 0.29) is 6.54 Å². The number of hydrogen-bond donors (Lipinski definition) is 2. The van der Waals surface area contributed by atoms with E-state index in [4.69, 9.17) is 0 Å². The van der Waals surface area contributed by atoms with E-state index in [1.165, 1.54) is 0 Å². The van der Waals surface area contributed by atoms with Gasteiger partial charge in [0, 0.05) is 29.6 Å². The van der Waals surface area contributed by atoms with Gasteiger partial charge in [-0.2, -0.15) is 13.2 Å². The van der Waals surface area contributed by atoms with E-state index in [1.807, 2.05) is 6.07 Å². The van der Waals surface area contributed by atoms with Crippen LogP contribution in [0.1, 0.15) is 22.5 Å². The number of para-hydroxylation sites is 1. The summed E-state index contributed by atoms with van der Waals surface area (Å²) in [6.45, 7) is 0.862. The van der Waals surface area contributed by atoms with Crippen molar-refractivity contribution >= 4 is 16.8 Å². The molecule has 4 nitrogen and oxygen atoms in total. The third kappa shape index (κ3) is 2.16. The number of β-amino-alcohol motifs (C(OH)–C–C–N with tert-alkyl or cyclic N) is 1. The van der Waals surface area contributed by atoms with Crippen LogP contribution in [0, 0.1) is 6.92 Å². The lowest BCUT2D eigenvalue weighted by atomic mass is 10.0. The number of aliphatic hydroxyl groups is 1.